The van der Waals surface area contributed by atoms with Crippen LogP contribution in [0.5, 0.6) is 0 Å². The van der Waals surface area contributed by atoms with Crippen LogP contribution in [-0.4, -0.2) is 23.1 Å². The van der Waals surface area contributed by atoms with Gasteiger partial charge in [0.05, 0.1) is 6.10 Å². The van der Waals surface area contributed by atoms with Crippen LogP contribution in [-0.2, 0) is 14.3 Å². The summed E-state index contributed by atoms with van der Waals surface area (Å²) in [7, 11) is 0. The quantitative estimate of drug-likeness (QED) is 0.0528. The summed E-state index contributed by atoms with van der Waals surface area (Å²) in [4.78, 5) is 22.6. The minimum Gasteiger partial charge on any atom is -0.481 e. The lowest BCUT2D eigenvalue weighted by molar-refractivity contribution is -0.148. The zero-order valence-corrected chi connectivity index (χ0v) is 26.8. The maximum atomic E-state index is 12.1. The van der Waals surface area contributed by atoms with Crippen LogP contribution < -0.4 is 0 Å². The lowest BCUT2D eigenvalue weighted by Crippen LogP contribution is -2.14. The van der Waals surface area contributed by atoms with Gasteiger partial charge >= 0.3 is 11.9 Å². The number of aliphatic carboxylic acids is 1. The second-order valence-electron chi connectivity index (χ2n) is 11.5. The highest BCUT2D eigenvalue weighted by Gasteiger charge is 2.08. The van der Waals surface area contributed by atoms with E-state index < -0.39 is 5.97 Å². The van der Waals surface area contributed by atoms with E-state index in [9.17, 15) is 9.59 Å². The summed E-state index contributed by atoms with van der Waals surface area (Å²) in [6.45, 7) is 4.26. The monoisotopic (exact) mass is 572 g/mol. The molecule has 41 heavy (non-hydrogen) atoms. The van der Waals surface area contributed by atoms with Gasteiger partial charge in [0, 0.05) is 12.8 Å². The Balaban J connectivity index is 3.47. The molecule has 0 bridgehead atoms. The molecule has 0 rings (SSSR count). The Morgan fingerprint density at radius 3 is 1.49 bits per heavy atom. The van der Waals surface area contributed by atoms with Gasteiger partial charge in [-0.2, -0.15) is 0 Å². The van der Waals surface area contributed by atoms with Crippen molar-refractivity contribution in [3.05, 3.63) is 48.6 Å². The molecule has 0 aromatic rings. The highest BCUT2D eigenvalue weighted by atomic mass is 16.5. The lowest BCUT2D eigenvalue weighted by Gasteiger charge is -2.13. The molecular weight excluding hydrogens is 508 g/mol. The molecule has 1 unspecified atom stereocenters. The fourth-order valence-corrected chi connectivity index (χ4v) is 4.74. The van der Waals surface area contributed by atoms with Gasteiger partial charge in [0.15, 0.2) is 0 Å². The molecule has 0 amide bonds. The van der Waals surface area contributed by atoms with Crippen LogP contribution in [0.4, 0.5) is 0 Å². The molecule has 0 aromatic heterocycles. The number of unbranched alkanes of at least 4 members (excludes halogenated alkanes) is 15. The van der Waals surface area contributed by atoms with E-state index in [1.807, 2.05) is 6.92 Å². The molecule has 0 radical (unpaired) electrons. The molecule has 0 spiro atoms. The van der Waals surface area contributed by atoms with E-state index in [2.05, 4.69) is 55.5 Å². The Bertz CT molecular complexity index is 704. The minimum atomic E-state index is -0.676. The molecule has 1 atom stereocenters. The molecule has 0 heterocycles. The molecule has 0 saturated carbocycles. The van der Waals surface area contributed by atoms with E-state index >= 15 is 0 Å². The molecule has 0 aliphatic heterocycles. The summed E-state index contributed by atoms with van der Waals surface area (Å²) in [5.74, 6) is -0.736. The zero-order valence-electron chi connectivity index (χ0n) is 26.8. The number of esters is 1. The molecular formula is C37H64O4. The van der Waals surface area contributed by atoms with Gasteiger partial charge in [-0.1, -0.05) is 133 Å². The van der Waals surface area contributed by atoms with Gasteiger partial charge in [-0.15, -0.1) is 0 Å². The standard InChI is InChI=1S/C37H64O4/c1-3-4-5-6-7-8-9-10-11-12-13-14-19-22-25-28-31-34-37(40)41-35(2)32-29-26-23-20-17-15-16-18-21-24-27-30-33-36(38)39/h7-8,10-11,13-14,22,25,35H,3-6,9,12,15-21,23-24,26-34H2,1-2H3,(H,38,39)/b8-7-,11-10-,14-13-,25-22-. The smallest absolute Gasteiger partial charge is 0.306 e. The molecule has 1 N–H and O–H groups in total. The first kappa shape index (κ1) is 38.9. The molecule has 0 aliphatic carbocycles. The Hall–Kier alpha value is -2.10. The molecule has 236 valence electrons. The third-order valence-corrected chi connectivity index (χ3v) is 7.29. The number of carbonyl (C=O) groups is 2. The van der Waals surface area contributed by atoms with Crippen molar-refractivity contribution in [2.75, 3.05) is 0 Å². The van der Waals surface area contributed by atoms with Crippen molar-refractivity contribution in [1.82, 2.24) is 0 Å². The second-order valence-corrected chi connectivity index (χ2v) is 11.5. The number of hydrogen-bond acceptors (Lipinski definition) is 3. The third kappa shape index (κ3) is 34.0. The first-order valence-electron chi connectivity index (χ1n) is 17.1. The van der Waals surface area contributed by atoms with Crippen LogP contribution in [0.3, 0.4) is 0 Å². The predicted octanol–water partition coefficient (Wildman–Crippen LogP) is 11.6. The summed E-state index contributed by atoms with van der Waals surface area (Å²) in [6, 6.07) is 0. The minimum absolute atomic E-state index is 0.0227. The van der Waals surface area contributed by atoms with Crippen molar-refractivity contribution >= 4 is 11.9 Å². The van der Waals surface area contributed by atoms with E-state index in [-0.39, 0.29) is 12.1 Å². The van der Waals surface area contributed by atoms with Gasteiger partial charge in [-0.3, -0.25) is 9.59 Å². The number of hydrogen-bond donors (Lipinski definition) is 1. The van der Waals surface area contributed by atoms with Crippen LogP contribution in [0.2, 0.25) is 0 Å². The summed E-state index contributed by atoms with van der Waals surface area (Å²) >= 11 is 0. The second kappa shape index (κ2) is 32.4. The number of carboxylic acid groups (broad SMARTS) is 1. The number of allylic oxidation sites excluding steroid dienone is 8. The van der Waals surface area contributed by atoms with Gasteiger partial charge in [0.1, 0.15) is 0 Å². The van der Waals surface area contributed by atoms with Gasteiger partial charge in [0.25, 0.3) is 0 Å². The van der Waals surface area contributed by atoms with Gasteiger partial charge in [0.2, 0.25) is 0 Å². The number of rotatable bonds is 30. The SMILES string of the molecule is CCCCC/C=C\C/C=C\C/C=C\C/C=C\CCCC(=O)OC(C)CCCCCCCCCCCCCCC(=O)O. The summed E-state index contributed by atoms with van der Waals surface area (Å²) in [6.07, 6.45) is 43.9. The zero-order chi connectivity index (χ0) is 30.1. The van der Waals surface area contributed by atoms with E-state index in [1.165, 1.54) is 83.5 Å². The number of carbonyl (C=O) groups excluding carboxylic acids is 1. The molecule has 0 saturated heterocycles. The molecule has 0 fully saturated rings. The van der Waals surface area contributed by atoms with Crippen molar-refractivity contribution in [3.8, 4) is 0 Å². The number of carboxylic acids is 1. The first-order chi connectivity index (χ1) is 20.1. The molecule has 0 aromatic carbocycles. The van der Waals surface area contributed by atoms with Crippen LogP contribution in [0.15, 0.2) is 48.6 Å². The molecule has 0 aliphatic rings. The first-order valence-corrected chi connectivity index (χ1v) is 17.1. The van der Waals surface area contributed by atoms with E-state index in [0.29, 0.717) is 12.8 Å². The van der Waals surface area contributed by atoms with E-state index in [4.69, 9.17) is 9.84 Å². The van der Waals surface area contributed by atoms with Crippen molar-refractivity contribution < 1.29 is 19.4 Å². The predicted molar refractivity (Wildman–Crippen MR) is 176 cm³/mol. The van der Waals surface area contributed by atoms with Crippen molar-refractivity contribution in [3.63, 3.8) is 0 Å². The lowest BCUT2D eigenvalue weighted by atomic mass is 10.0. The van der Waals surface area contributed by atoms with Gasteiger partial charge < -0.3 is 9.84 Å². The number of ether oxygens (including phenoxy) is 1. The Morgan fingerprint density at radius 2 is 1.00 bits per heavy atom. The molecule has 4 nitrogen and oxygen atoms in total. The largest absolute Gasteiger partial charge is 0.481 e. The van der Waals surface area contributed by atoms with Crippen molar-refractivity contribution in [2.45, 2.75) is 174 Å². The Labute approximate surface area is 253 Å². The topological polar surface area (TPSA) is 63.6 Å². The van der Waals surface area contributed by atoms with Gasteiger partial charge in [-0.05, 0) is 71.1 Å². The average Bonchev–Trinajstić information content (AvgIpc) is 2.94. The third-order valence-electron chi connectivity index (χ3n) is 7.29. The summed E-state index contributed by atoms with van der Waals surface area (Å²) < 4.78 is 5.58. The highest BCUT2D eigenvalue weighted by Crippen LogP contribution is 2.14. The maximum Gasteiger partial charge on any atom is 0.306 e. The maximum absolute atomic E-state index is 12.1. The summed E-state index contributed by atoms with van der Waals surface area (Å²) in [5, 5.41) is 8.63. The van der Waals surface area contributed by atoms with Crippen LogP contribution in [0.1, 0.15) is 168 Å². The van der Waals surface area contributed by atoms with Crippen LogP contribution in [0, 0.1) is 0 Å². The van der Waals surface area contributed by atoms with Crippen LogP contribution >= 0.6 is 0 Å². The molecule has 4 heteroatoms. The highest BCUT2D eigenvalue weighted by molar-refractivity contribution is 5.69. The summed E-state index contributed by atoms with van der Waals surface area (Å²) in [5.41, 5.74) is 0. The van der Waals surface area contributed by atoms with E-state index in [1.54, 1.807) is 0 Å². The average molecular weight is 573 g/mol. The normalized spacial score (nSPS) is 12.8. The van der Waals surface area contributed by atoms with Crippen LogP contribution in [0.25, 0.3) is 0 Å². The Kier molecular flexibility index (Phi) is 30.8. The van der Waals surface area contributed by atoms with Crippen molar-refractivity contribution in [1.29, 1.82) is 0 Å². The fraction of sp³-hybridized carbons (Fsp3) is 0.730. The van der Waals surface area contributed by atoms with E-state index in [0.717, 1.165) is 57.8 Å². The van der Waals surface area contributed by atoms with Crippen molar-refractivity contribution in [2.24, 2.45) is 0 Å². The fourth-order valence-electron chi connectivity index (χ4n) is 4.74. The Morgan fingerprint density at radius 1 is 0.561 bits per heavy atom. The van der Waals surface area contributed by atoms with Gasteiger partial charge in [-0.25, -0.2) is 0 Å².